The Morgan fingerprint density at radius 3 is 2.60 bits per heavy atom. The topological polar surface area (TPSA) is 78.2 Å². The molecule has 0 bridgehead atoms. The molecule has 0 aliphatic rings. The Kier molecular flexibility index (Phi) is 3.29. The lowest BCUT2D eigenvalue weighted by atomic mass is 10.1. The number of nitrogens with zero attached hydrogens (tertiary/aromatic N) is 1. The van der Waals surface area contributed by atoms with Gasteiger partial charge in [-0.1, -0.05) is 11.6 Å². The van der Waals surface area contributed by atoms with Crippen LogP contribution in [0.1, 0.15) is 11.1 Å². The molecule has 15 heavy (non-hydrogen) atoms. The molecule has 0 saturated heterocycles. The summed E-state index contributed by atoms with van der Waals surface area (Å²) in [4.78, 5) is 0. The Bertz CT molecular complexity index is 536. The summed E-state index contributed by atoms with van der Waals surface area (Å²) in [6, 6.07) is 3.50. The molecule has 0 atom stereocenters. The summed E-state index contributed by atoms with van der Waals surface area (Å²) in [5.41, 5.74) is -0.338. The highest BCUT2D eigenvalue weighted by atomic mass is 35.5. The van der Waals surface area contributed by atoms with Gasteiger partial charge in [0.1, 0.15) is 17.6 Å². The van der Waals surface area contributed by atoms with Gasteiger partial charge >= 0.3 is 0 Å². The molecule has 0 saturated carbocycles. The first-order valence-corrected chi connectivity index (χ1v) is 5.65. The van der Waals surface area contributed by atoms with Crippen LogP contribution in [0, 0.1) is 17.1 Å². The molecule has 1 rings (SSSR count). The monoisotopic (exact) mass is 249 g/mol. The van der Waals surface area contributed by atoms with Crippen LogP contribution in [0.15, 0.2) is 12.1 Å². The quantitative estimate of drug-likeness (QED) is 0.810. The highest BCUT2D eigenvalue weighted by molar-refractivity contribution is 7.85. The molecule has 1 N–H and O–H groups in total. The Morgan fingerprint density at radius 2 is 2.13 bits per heavy atom. The van der Waals surface area contributed by atoms with Gasteiger partial charge in [0.15, 0.2) is 0 Å². The molecule has 7 heteroatoms. The van der Waals surface area contributed by atoms with Crippen molar-refractivity contribution < 1.29 is 17.4 Å². The van der Waals surface area contributed by atoms with E-state index in [9.17, 15) is 12.8 Å². The number of halogens is 2. The van der Waals surface area contributed by atoms with Gasteiger partial charge < -0.3 is 0 Å². The molecule has 1 aromatic carbocycles. The molecule has 0 spiro atoms. The van der Waals surface area contributed by atoms with Crippen LogP contribution in [-0.4, -0.2) is 13.0 Å². The SMILES string of the molecule is N#Cc1cc(CS(=O)(=O)O)c(F)cc1Cl. The van der Waals surface area contributed by atoms with Crippen molar-refractivity contribution in [3.8, 4) is 6.07 Å². The van der Waals surface area contributed by atoms with E-state index in [4.69, 9.17) is 21.4 Å². The molecule has 0 radical (unpaired) electrons. The number of rotatable bonds is 2. The third kappa shape index (κ3) is 3.16. The molecule has 0 aromatic heterocycles. The lowest BCUT2D eigenvalue weighted by Gasteiger charge is -2.02. The van der Waals surface area contributed by atoms with Crippen LogP contribution < -0.4 is 0 Å². The molecule has 0 unspecified atom stereocenters. The number of hydrogen-bond acceptors (Lipinski definition) is 3. The molecular weight excluding hydrogens is 245 g/mol. The zero-order chi connectivity index (χ0) is 11.6. The Morgan fingerprint density at radius 1 is 1.53 bits per heavy atom. The van der Waals surface area contributed by atoms with Crippen molar-refractivity contribution in [3.63, 3.8) is 0 Å². The van der Waals surface area contributed by atoms with Crippen LogP contribution in [0.25, 0.3) is 0 Å². The van der Waals surface area contributed by atoms with E-state index in [0.29, 0.717) is 0 Å². The summed E-state index contributed by atoms with van der Waals surface area (Å²) in [5.74, 6) is -1.76. The first kappa shape index (κ1) is 11.9. The fourth-order valence-corrected chi connectivity index (χ4v) is 1.79. The summed E-state index contributed by atoms with van der Waals surface area (Å²) in [5, 5.41) is 8.46. The zero-order valence-electron chi connectivity index (χ0n) is 7.24. The first-order valence-electron chi connectivity index (χ1n) is 3.66. The molecule has 0 aliphatic carbocycles. The summed E-state index contributed by atoms with van der Waals surface area (Å²) in [6.45, 7) is 0. The molecule has 0 fully saturated rings. The highest BCUT2D eigenvalue weighted by Gasteiger charge is 2.14. The van der Waals surface area contributed by atoms with E-state index in [-0.39, 0.29) is 16.1 Å². The van der Waals surface area contributed by atoms with Crippen LogP contribution in [-0.2, 0) is 15.9 Å². The van der Waals surface area contributed by atoms with Crippen molar-refractivity contribution in [1.82, 2.24) is 0 Å². The largest absolute Gasteiger partial charge is 0.285 e. The maximum Gasteiger partial charge on any atom is 0.269 e. The maximum atomic E-state index is 13.1. The Labute approximate surface area is 90.7 Å². The van der Waals surface area contributed by atoms with Gasteiger partial charge in [0.05, 0.1) is 10.6 Å². The summed E-state index contributed by atoms with van der Waals surface area (Å²) in [7, 11) is -4.33. The highest BCUT2D eigenvalue weighted by Crippen LogP contribution is 2.21. The summed E-state index contributed by atoms with van der Waals surface area (Å²) in [6.07, 6.45) is 0. The van der Waals surface area contributed by atoms with Gasteiger partial charge in [-0.15, -0.1) is 0 Å². The van der Waals surface area contributed by atoms with Crippen LogP contribution in [0.2, 0.25) is 5.02 Å². The van der Waals surface area contributed by atoms with Crippen molar-refractivity contribution in [3.05, 3.63) is 34.1 Å². The molecule has 0 heterocycles. The Balaban J connectivity index is 3.27. The third-order valence-electron chi connectivity index (χ3n) is 1.59. The minimum absolute atomic E-state index is 0.0447. The molecule has 4 nitrogen and oxygen atoms in total. The van der Waals surface area contributed by atoms with E-state index in [1.165, 1.54) is 0 Å². The van der Waals surface area contributed by atoms with Crippen LogP contribution in [0.5, 0.6) is 0 Å². The lowest BCUT2D eigenvalue weighted by Crippen LogP contribution is -2.04. The van der Waals surface area contributed by atoms with E-state index in [1.807, 2.05) is 0 Å². The molecule has 80 valence electrons. The normalized spacial score (nSPS) is 11.1. The fraction of sp³-hybridized carbons (Fsp3) is 0.125. The van der Waals surface area contributed by atoms with E-state index in [2.05, 4.69) is 0 Å². The van der Waals surface area contributed by atoms with E-state index in [1.54, 1.807) is 6.07 Å². The van der Waals surface area contributed by atoms with Gasteiger partial charge in [0, 0.05) is 5.56 Å². The van der Waals surface area contributed by atoms with Crippen molar-refractivity contribution >= 4 is 21.7 Å². The van der Waals surface area contributed by atoms with Gasteiger partial charge in [-0.3, -0.25) is 4.55 Å². The second kappa shape index (κ2) is 4.14. The smallest absolute Gasteiger partial charge is 0.269 e. The van der Waals surface area contributed by atoms with Gasteiger partial charge in [0.2, 0.25) is 0 Å². The number of benzene rings is 1. The fourth-order valence-electron chi connectivity index (χ4n) is 0.987. The first-order chi connectivity index (χ1) is 6.83. The standard InChI is InChI=1S/C8H5ClFNO3S/c9-7-2-8(10)6(1-5(7)3-11)4-15(12,13)14/h1-2H,4H2,(H,12,13,14). The Hall–Kier alpha value is -1.16. The number of hydrogen-bond donors (Lipinski definition) is 1. The minimum atomic E-state index is -4.33. The van der Waals surface area contributed by atoms with E-state index >= 15 is 0 Å². The summed E-state index contributed by atoms with van der Waals surface area (Å²) < 4.78 is 42.7. The van der Waals surface area contributed by atoms with Crippen LogP contribution >= 0.6 is 11.6 Å². The van der Waals surface area contributed by atoms with Gasteiger partial charge in [-0.05, 0) is 12.1 Å². The van der Waals surface area contributed by atoms with Crippen molar-refractivity contribution in [2.45, 2.75) is 5.75 Å². The second-order valence-electron chi connectivity index (χ2n) is 2.76. The third-order valence-corrected chi connectivity index (χ3v) is 2.58. The lowest BCUT2D eigenvalue weighted by molar-refractivity contribution is 0.480. The predicted octanol–water partition coefficient (Wildman–Crippen LogP) is 1.74. The second-order valence-corrected chi connectivity index (χ2v) is 4.62. The molecular formula is C8H5ClFNO3S. The maximum absolute atomic E-state index is 13.1. The van der Waals surface area contributed by atoms with Gasteiger partial charge in [0.25, 0.3) is 10.1 Å². The van der Waals surface area contributed by atoms with Gasteiger partial charge in [-0.2, -0.15) is 13.7 Å². The van der Waals surface area contributed by atoms with Crippen LogP contribution in [0.3, 0.4) is 0 Å². The molecule has 1 aromatic rings. The van der Waals surface area contributed by atoms with Crippen molar-refractivity contribution in [1.29, 1.82) is 5.26 Å². The zero-order valence-corrected chi connectivity index (χ0v) is 8.81. The van der Waals surface area contributed by atoms with E-state index in [0.717, 1.165) is 12.1 Å². The van der Waals surface area contributed by atoms with Crippen LogP contribution in [0.4, 0.5) is 4.39 Å². The van der Waals surface area contributed by atoms with Gasteiger partial charge in [-0.25, -0.2) is 4.39 Å². The van der Waals surface area contributed by atoms with E-state index < -0.39 is 21.7 Å². The average molecular weight is 250 g/mol. The van der Waals surface area contributed by atoms with Crippen molar-refractivity contribution in [2.24, 2.45) is 0 Å². The average Bonchev–Trinajstić information content (AvgIpc) is 2.07. The molecule has 0 aliphatic heterocycles. The molecule has 0 amide bonds. The minimum Gasteiger partial charge on any atom is -0.285 e. The summed E-state index contributed by atoms with van der Waals surface area (Å²) >= 11 is 5.50. The van der Waals surface area contributed by atoms with Crippen molar-refractivity contribution in [2.75, 3.05) is 0 Å². The predicted molar refractivity (Wildman–Crippen MR) is 51.4 cm³/mol. The number of nitriles is 1.